The number of aromatic nitrogens is 1. The molecule has 0 spiro atoms. The number of hydrogen-bond acceptors (Lipinski definition) is 2. The van der Waals surface area contributed by atoms with Crippen molar-refractivity contribution in [3.05, 3.63) is 53.5 Å². The van der Waals surface area contributed by atoms with E-state index in [1.54, 1.807) is 11.8 Å². The summed E-state index contributed by atoms with van der Waals surface area (Å²) in [5.74, 6) is 0.599. The van der Waals surface area contributed by atoms with Crippen LogP contribution in [0.3, 0.4) is 0 Å². The SMILES string of the molecule is CC(=O)N1C=Cc2nc3ccccc3c(C3CCCCC3)c2C=C1.Cl. The zero-order valence-electron chi connectivity index (χ0n) is 14.4. The standard InChI is InChI=1S/C21H22N2O.ClH/c1-15(24)23-13-11-18-20(12-14-23)22-19-10-6-5-9-17(19)21(18)16-7-3-2-4-8-16;/h5-6,9-14,16H,2-4,7-8H2,1H3;1H. The van der Waals surface area contributed by atoms with Gasteiger partial charge in [0.05, 0.1) is 11.2 Å². The second-order valence-corrected chi connectivity index (χ2v) is 6.73. The molecule has 0 bridgehead atoms. The van der Waals surface area contributed by atoms with E-state index in [2.05, 4.69) is 24.3 Å². The fourth-order valence-corrected chi connectivity index (χ4v) is 3.97. The molecule has 0 unspecified atom stereocenters. The number of amides is 1. The molecule has 0 atom stereocenters. The summed E-state index contributed by atoms with van der Waals surface area (Å²) < 4.78 is 0. The molecule has 2 heterocycles. The number of carbonyl (C=O) groups is 1. The number of benzene rings is 1. The average molecular weight is 355 g/mol. The van der Waals surface area contributed by atoms with Crippen LogP contribution in [0.4, 0.5) is 0 Å². The number of para-hydroxylation sites is 1. The largest absolute Gasteiger partial charge is 0.295 e. The predicted octanol–water partition coefficient (Wildman–Crippen LogP) is 5.51. The topological polar surface area (TPSA) is 33.2 Å². The first-order valence-electron chi connectivity index (χ1n) is 8.82. The maximum Gasteiger partial charge on any atom is 0.227 e. The first kappa shape index (κ1) is 17.7. The van der Waals surface area contributed by atoms with E-state index < -0.39 is 0 Å². The van der Waals surface area contributed by atoms with Crippen LogP contribution >= 0.6 is 12.4 Å². The van der Waals surface area contributed by atoms with Crippen molar-refractivity contribution in [2.45, 2.75) is 44.9 Å². The highest BCUT2D eigenvalue weighted by atomic mass is 35.5. The maximum absolute atomic E-state index is 11.7. The summed E-state index contributed by atoms with van der Waals surface area (Å²) in [5, 5.41) is 1.26. The first-order chi connectivity index (χ1) is 11.7. The van der Waals surface area contributed by atoms with Crippen LogP contribution < -0.4 is 0 Å². The van der Waals surface area contributed by atoms with Crippen molar-refractivity contribution in [1.82, 2.24) is 9.88 Å². The van der Waals surface area contributed by atoms with Gasteiger partial charge in [0.15, 0.2) is 0 Å². The van der Waals surface area contributed by atoms with E-state index in [9.17, 15) is 4.79 Å². The van der Waals surface area contributed by atoms with E-state index in [1.807, 2.05) is 24.5 Å². The summed E-state index contributed by atoms with van der Waals surface area (Å²) in [7, 11) is 0. The van der Waals surface area contributed by atoms with Crippen LogP contribution in [0.25, 0.3) is 23.1 Å². The van der Waals surface area contributed by atoms with E-state index in [4.69, 9.17) is 4.98 Å². The zero-order chi connectivity index (χ0) is 16.5. The number of carbonyl (C=O) groups excluding carboxylic acids is 1. The van der Waals surface area contributed by atoms with Gasteiger partial charge in [-0.25, -0.2) is 4.98 Å². The summed E-state index contributed by atoms with van der Waals surface area (Å²) in [5.41, 5.74) is 4.61. The van der Waals surface area contributed by atoms with Gasteiger partial charge in [0.2, 0.25) is 5.91 Å². The third-order valence-corrected chi connectivity index (χ3v) is 5.17. The Hall–Kier alpha value is -2.13. The molecule has 0 saturated heterocycles. The van der Waals surface area contributed by atoms with Gasteiger partial charge in [0, 0.05) is 30.3 Å². The van der Waals surface area contributed by atoms with Gasteiger partial charge in [-0.3, -0.25) is 9.69 Å². The monoisotopic (exact) mass is 354 g/mol. The van der Waals surface area contributed by atoms with Crippen molar-refractivity contribution in [3.63, 3.8) is 0 Å². The van der Waals surface area contributed by atoms with Crippen molar-refractivity contribution >= 4 is 41.4 Å². The quantitative estimate of drug-likeness (QED) is 0.676. The fourth-order valence-electron chi connectivity index (χ4n) is 3.97. The van der Waals surface area contributed by atoms with Gasteiger partial charge in [-0.05, 0) is 42.5 Å². The molecule has 25 heavy (non-hydrogen) atoms. The lowest BCUT2D eigenvalue weighted by atomic mass is 9.80. The highest BCUT2D eigenvalue weighted by molar-refractivity contribution is 5.90. The van der Waals surface area contributed by atoms with Crippen LogP contribution in [0, 0.1) is 0 Å². The van der Waals surface area contributed by atoms with Gasteiger partial charge in [0.1, 0.15) is 0 Å². The zero-order valence-corrected chi connectivity index (χ0v) is 15.3. The molecule has 1 aliphatic heterocycles. The highest BCUT2D eigenvalue weighted by Crippen LogP contribution is 2.40. The second kappa shape index (κ2) is 7.40. The number of rotatable bonds is 1. The Morgan fingerprint density at radius 3 is 2.56 bits per heavy atom. The van der Waals surface area contributed by atoms with E-state index in [1.165, 1.54) is 48.6 Å². The number of halogens is 1. The lowest BCUT2D eigenvalue weighted by Crippen LogP contribution is -2.14. The average Bonchev–Trinajstić information content (AvgIpc) is 2.83. The van der Waals surface area contributed by atoms with Crippen molar-refractivity contribution in [2.24, 2.45) is 0 Å². The minimum absolute atomic E-state index is 0. The first-order valence-corrected chi connectivity index (χ1v) is 8.82. The maximum atomic E-state index is 11.7. The molecule has 1 amide bonds. The molecule has 1 aliphatic carbocycles. The lowest BCUT2D eigenvalue weighted by molar-refractivity contribution is -0.124. The molecule has 4 heteroatoms. The highest BCUT2D eigenvalue weighted by Gasteiger charge is 2.23. The van der Waals surface area contributed by atoms with E-state index in [0.29, 0.717) is 5.92 Å². The smallest absolute Gasteiger partial charge is 0.227 e. The van der Waals surface area contributed by atoms with Crippen LogP contribution in [0.1, 0.15) is 61.8 Å². The Morgan fingerprint density at radius 1 is 1.08 bits per heavy atom. The molecular weight excluding hydrogens is 332 g/mol. The minimum Gasteiger partial charge on any atom is -0.295 e. The predicted molar refractivity (Wildman–Crippen MR) is 105 cm³/mol. The Bertz CT molecular complexity index is 850. The van der Waals surface area contributed by atoms with E-state index in [-0.39, 0.29) is 18.3 Å². The molecule has 2 aliphatic rings. The lowest BCUT2D eigenvalue weighted by Gasteiger charge is -2.25. The fraction of sp³-hybridized carbons (Fsp3) is 0.333. The molecule has 1 saturated carbocycles. The molecular formula is C21H23ClN2O. The molecule has 1 aromatic carbocycles. The number of fused-ring (bicyclic) bond motifs is 2. The van der Waals surface area contributed by atoms with E-state index >= 15 is 0 Å². The Morgan fingerprint density at radius 2 is 1.80 bits per heavy atom. The third kappa shape index (κ3) is 3.34. The van der Waals surface area contributed by atoms with Crippen molar-refractivity contribution < 1.29 is 4.79 Å². The Labute approximate surface area is 154 Å². The van der Waals surface area contributed by atoms with Crippen molar-refractivity contribution in [1.29, 1.82) is 0 Å². The second-order valence-electron chi connectivity index (χ2n) is 6.73. The molecule has 2 aromatic rings. The van der Waals surface area contributed by atoms with Gasteiger partial charge in [-0.2, -0.15) is 0 Å². The van der Waals surface area contributed by atoms with Gasteiger partial charge in [-0.15, -0.1) is 12.4 Å². The third-order valence-electron chi connectivity index (χ3n) is 5.17. The van der Waals surface area contributed by atoms with Gasteiger partial charge in [0.25, 0.3) is 0 Å². The van der Waals surface area contributed by atoms with Crippen LogP contribution in [-0.4, -0.2) is 15.8 Å². The van der Waals surface area contributed by atoms with Crippen molar-refractivity contribution in [2.75, 3.05) is 0 Å². The normalized spacial score (nSPS) is 17.1. The van der Waals surface area contributed by atoms with Gasteiger partial charge < -0.3 is 0 Å². The summed E-state index contributed by atoms with van der Waals surface area (Å²) >= 11 is 0. The molecule has 0 radical (unpaired) electrons. The summed E-state index contributed by atoms with van der Waals surface area (Å²) in [4.78, 5) is 18.2. The summed E-state index contributed by atoms with van der Waals surface area (Å²) in [6.45, 7) is 1.58. The molecule has 3 nitrogen and oxygen atoms in total. The molecule has 4 rings (SSSR count). The molecule has 1 fully saturated rings. The summed E-state index contributed by atoms with van der Waals surface area (Å²) in [6.07, 6.45) is 14.2. The van der Waals surface area contributed by atoms with Crippen LogP contribution in [0.2, 0.25) is 0 Å². The Kier molecular flexibility index (Phi) is 5.24. The van der Waals surface area contributed by atoms with Crippen LogP contribution in [0.5, 0.6) is 0 Å². The number of pyridine rings is 1. The number of nitrogens with zero attached hydrogens (tertiary/aromatic N) is 2. The van der Waals surface area contributed by atoms with Gasteiger partial charge >= 0.3 is 0 Å². The van der Waals surface area contributed by atoms with Crippen LogP contribution in [0.15, 0.2) is 36.7 Å². The van der Waals surface area contributed by atoms with Crippen LogP contribution in [-0.2, 0) is 4.79 Å². The Balaban J connectivity index is 0.00000182. The summed E-state index contributed by atoms with van der Waals surface area (Å²) in [6, 6.07) is 8.43. The van der Waals surface area contributed by atoms with Gasteiger partial charge in [-0.1, -0.05) is 37.5 Å². The molecule has 0 N–H and O–H groups in total. The molecule has 1 aromatic heterocycles. The minimum atomic E-state index is 0. The van der Waals surface area contributed by atoms with E-state index in [0.717, 1.165) is 11.2 Å². The van der Waals surface area contributed by atoms with Crippen molar-refractivity contribution in [3.8, 4) is 0 Å². The molecule has 130 valence electrons. The number of hydrogen-bond donors (Lipinski definition) is 0.